The van der Waals surface area contributed by atoms with Crippen LogP contribution in [0.5, 0.6) is 0 Å². The molecule has 2 heterocycles. The second-order valence-electron chi connectivity index (χ2n) is 5.88. The van der Waals surface area contributed by atoms with Crippen molar-refractivity contribution in [1.29, 1.82) is 0 Å². The molecule has 0 spiro atoms. The molecule has 0 amide bonds. The van der Waals surface area contributed by atoms with Crippen molar-refractivity contribution < 1.29 is 27.8 Å². The zero-order valence-electron chi connectivity index (χ0n) is 14.3. The maximum absolute atomic E-state index is 10.6. The third-order valence-corrected chi connectivity index (χ3v) is 3.64. The number of nitrogens with two attached hydrogens (primary N) is 1. The highest BCUT2D eigenvalue weighted by atomic mass is 19.4. The van der Waals surface area contributed by atoms with Gasteiger partial charge in [-0.25, -0.2) is 14.8 Å². The summed E-state index contributed by atoms with van der Waals surface area (Å²) in [6, 6.07) is 8.16. The van der Waals surface area contributed by atoms with E-state index >= 15 is 0 Å². The average molecular weight is 382 g/mol. The molecule has 0 aliphatic carbocycles. The number of alkyl halides is 3. The molecule has 1 aliphatic heterocycles. The summed E-state index contributed by atoms with van der Waals surface area (Å²) < 4.78 is 37.3. The topological polar surface area (TPSA) is 111 Å². The molecule has 0 bridgehead atoms. The Morgan fingerprint density at radius 2 is 1.89 bits per heavy atom. The number of carbonyl (C=O) groups is 1. The molecule has 3 rings (SSSR count). The lowest BCUT2D eigenvalue weighted by Gasteiger charge is -2.30. The second kappa shape index (κ2) is 8.12. The zero-order chi connectivity index (χ0) is 20.1. The highest BCUT2D eigenvalue weighted by Gasteiger charge is 2.38. The predicted octanol–water partition coefficient (Wildman–Crippen LogP) is 2.38. The molecule has 144 valence electrons. The van der Waals surface area contributed by atoms with Crippen molar-refractivity contribution in [3.63, 3.8) is 0 Å². The summed E-state index contributed by atoms with van der Waals surface area (Å²) in [6.07, 6.45) is 0.0293. The minimum absolute atomic E-state index is 0.405. The Kier molecular flexibility index (Phi) is 6.11. The molecule has 1 atom stereocenters. The Balaban J connectivity index is 0.000000321. The van der Waals surface area contributed by atoms with Crippen LogP contribution < -0.4 is 5.73 Å². The van der Waals surface area contributed by atoms with Crippen LogP contribution in [0.15, 0.2) is 48.0 Å². The van der Waals surface area contributed by atoms with Crippen molar-refractivity contribution >= 4 is 11.8 Å². The zero-order valence-corrected chi connectivity index (χ0v) is 14.3. The molecule has 0 radical (unpaired) electrons. The summed E-state index contributed by atoms with van der Waals surface area (Å²) >= 11 is 0. The first kappa shape index (κ1) is 20.3. The van der Waals surface area contributed by atoms with Gasteiger partial charge in [0.05, 0.1) is 6.61 Å². The van der Waals surface area contributed by atoms with E-state index in [1.807, 2.05) is 25.1 Å². The fourth-order valence-corrected chi connectivity index (χ4v) is 2.37. The second-order valence-corrected chi connectivity index (χ2v) is 5.88. The number of nitrogens with zero attached hydrogens (tertiary/aromatic N) is 3. The fourth-order valence-electron chi connectivity index (χ4n) is 2.37. The van der Waals surface area contributed by atoms with E-state index in [9.17, 15) is 13.2 Å². The van der Waals surface area contributed by atoms with Crippen LogP contribution in [0.1, 0.15) is 12.5 Å². The summed E-state index contributed by atoms with van der Waals surface area (Å²) in [7, 11) is 0. The number of carboxylic acids is 1. The number of benzene rings is 1. The Morgan fingerprint density at radius 1 is 1.26 bits per heavy atom. The van der Waals surface area contributed by atoms with Crippen LogP contribution in [0.3, 0.4) is 0 Å². The molecule has 1 aliphatic rings. The molecule has 2 aromatic rings. The third kappa shape index (κ3) is 5.48. The first-order valence-corrected chi connectivity index (χ1v) is 7.70. The number of carboxylic acid groups (broad SMARTS) is 1. The molecule has 1 aromatic carbocycles. The Bertz CT molecular complexity index is 828. The normalized spacial score (nSPS) is 19.5. The van der Waals surface area contributed by atoms with Crippen LogP contribution in [0.4, 0.5) is 13.2 Å². The summed E-state index contributed by atoms with van der Waals surface area (Å²) in [5, 5.41) is 7.12. The van der Waals surface area contributed by atoms with Gasteiger partial charge in [-0.2, -0.15) is 13.2 Å². The monoisotopic (exact) mass is 382 g/mol. The lowest BCUT2D eigenvalue weighted by Crippen LogP contribution is -2.37. The maximum Gasteiger partial charge on any atom is 0.490 e. The van der Waals surface area contributed by atoms with E-state index in [1.54, 1.807) is 12.4 Å². The molecule has 27 heavy (non-hydrogen) atoms. The van der Waals surface area contributed by atoms with Crippen molar-refractivity contribution in [2.75, 3.05) is 13.2 Å². The summed E-state index contributed by atoms with van der Waals surface area (Å²) in [6.45, 7) is 2.96. The van der Waals surface area contributed by atoms with Crippen molar-refractivity contribution in [2.24, 2.45) is 10.7 Å². The molecule has 0 saturated heterocycles. The van der Waals surface area contributed by atoms with Gasteiger partial charge in [0.1, 0.15) is 24.3 Å². The van der Waals surface area contributed by atoms with E-state index in [2.05, 4.69) is 21.0 Å². The van der Waals surface area contributed by atoms with Gasteiger partial charge >= 0.3 is 12.1 Å². The first-order chi connectivity index (χ1) is 12.6. The number of hydrogen-bond acceptors (Lipinski definition) is 6. The third-order valence-electron chi connectivity index (χ3n) is 3.64. The van der Waals surface area contributed by atoms with Crippen LogP contribution >= 0.6 is 0 Å². The van der Waals surface area contributed by atoms with Gasteiger partial charge in [-0.1, -0.05) is 18.2 Å². The molecule has 0 fully saturated rings. The Labute approximate surface area is 152 Å². The summed E-state index contributed by atoms with van der Waals surface area (Å²) in [4.78, 5) is 21.6. The van der Waals surface area contributed by atoms with Crippen molar-refractivity contribution in [3.8, 4) is 11.1 Å². The molecular weight excluding hydrogens is 365 g/mol. The number of hydrogen-bond donors (Lipinski definition) is 2. The molecule has 0 saturated carbocycles. The lowest BCUT2D eigenvalue weighted by atomic mass is 9.90. The largest absolute Gasteiger partial charge is 0.490 e. The van der Waals surface area contributed by atoms with E-state index in [0.29, 0.717) is 19.0 Å². The highest BCUT2D eigenvalue weighted by Crippen LogP contribution is 2.31. The van der Waals surface area contributed by atoms with Gasteiger partial charge in [0.25, 0.3) is 0 Å². The lowest BCUT2D eigenvalue weighted by molar-refractivity contribution is -0.192. The van der Waals surface area contributed by atoms with E-state index < -0.39 is 17.7 Å². The van der Waals surface area contributed by atoms with Crippen molar-refractivity contribution in [2.45, 2.75) is 18.6 Å². The van der Waals surface area contributed by atoms with Gasteiger partial charge in [0.15, 0.2) is 0 Å². The number of ether oxygens (including phenoxy) is 1. The molecule has 7 nitrogen and oxygen atoms in total. The Hall–Kier alpha value is -3.01. The van der Waals surface area contributed by atoms with Crippen LogP contribution in [0, 0.1) is 0 Å². The average Bonchev–Trinajstić information content (AvgIpc) is 2.62. The quantitative estimate of drug-likeness (QED) is 0.825. The van der Waals surface area contributed by atoms with Gasteiger partial charge in [-0.3, -0.25) is 4.99 Å². The summed E-state index contributed by atoms with van der Waals surface area (Å²) in [5.74, 6) is -2.22. The summed E-state index contributed by atoms with van der Waals surface area (Å²) in [5.41, 5.74) is 8.47. The smallest absolute Gasteiger partial charge is 0.475 e. The predicted molar refractivity (Wildman–Crippen MR) is 91.0 cm³/mol. The van der Waals surface area contributed by atoms with Crippen molar-refractivity contribution in [3.05, 3.63) is 48.5 Å². The minimum Gasteiger partial charge on any atom is -0.475 e. The van der Waals surface area contributed by atoms with Crippen LogP contribution in [-0.4, -0.2) is 46.3 Å². The maximum atomic E-state index is 10.6. The molecular formula is C17H17F3N4O3. The number of aliphatic imine (C=N–C) groups is 1. The highest BCUT2D eigenvalue weighted by molar-refractivity contribution is 5.82. The van der Waals surface area contributed by atoms with Gasteiger partial charge < -0.3 is 15.6 Å². The molecule has 10 heteroatoms. The number of rotatable bonds is 2. The van der Waals surface area contributed by atoms with Gasteiger partial charge in [0, 0.05) is 18.0 Å². The number of amidine groups is 1. The van der Waals surface area contributed by atoms with E-state index in [-0.39, 0.29) is 0 Å². The van der Waals surface area contributed by atoms with Crippen LogP contribution in [0.25, 0.3) is 11.1 Å². The minimum atomic E-state index is -5.08. The Morgan fingerprint density at radius 3 is 2.44 bits per heavy atom. The SMILES string of the molecule is CC1(c2cccc(-c3cncnc3)c2)COCC(N)=N1.O=C(O)C(F)(F)F. The van der Waals surface area contributed by atoms with Crippen LogP contribution in [-0.2, 0) is 15.1 Å². The molecule has 1 aromatic heterocycles. The van der Waals surface area contributed by atoms with Crippen molar-refractivity contribution in [1.82, 2.24) is 9.97 Å². The molecule has 1 unspecified atom stereocenters. The van der Waals surface area contributed by atoms with E-state index in [1.165, 1.54) is 6.33 Å². The number of aliphatic carboxylic acids is 1. The van der Waals surface area contributed by atoms with E-state index in [4.69, 9.17) is 20.4 Å². The number of aromatic nitrogens is 2. The number of halogens is 3. The standard InChI is InChI=1S/C15H16N4O.C2HF3O2/c1-15(9-20-8-14(16)19-15)13-4-2-3-11(5-13)12-6-17-10-18-7-12;3-2(4,5)1(6)7/h2-7,10H,8-9H2,1H3,(H2,16,19);(H,6,7). The molecule has 3 N–H and O–H groups in total. The van der Waals surface area contributed by atoms with E-state index in [0.717, 1.165) is 16.7 Å². The first-order valence-electron chi connectivity index (χ1n) is 7.70. The van der Waals surface area contributed by atoms with Gasteiger partial charge in [-0.05, 0) is 24.1 Å². The fraction of sp³-hybridized carbons (Fsp3) is 0.294. The van der Waals surface area contributed by atoms with Crippen LogP contribution in [0.2, 0.25) is 0 Å². The van der Waals surface area contributed by atoms with Gasteiger partial charge in [-0.15, -0.1) is 0 Å². The van der Waals surface area contributed by atoms with Gasteiger partial charge in [0.2, 0.25) is 0 Å².